The predicted octanol–water partition coefficient (Wildman–Crippen LogP) is 3.56. The molecule has 0 atom stereocenters. The minimum atomic E-state index is 0.523. The number of aryl methyl sites for hydroxylation is 1. The normalized spacial score (nSPS) is 16.8. The lowest BCUT2D eigenvalue weighted by Crippen LogP contribution is -2.49. The van der Waals surface area contributed by atoms with Gasteiger partial charge in [0.25, 0.3) is 0 Å². The van der Waals surface area contributed by atoms with Gasteiger partial charge >= 0.3 is 0 Å². The van der Waals surface area contributed by atoms with E-state index >= 15 is 0 Å². The zero-order valence-electron chi connectivity index (χ0n) is 18.0. The molecule has 0 aliphatic carbocycles. The topological polar surface area (TPSA) is 55.5 Å². The maximum atomic E-state index is 4.43. The molecule has 2 aromatic rings. The maximum absolute atomic E-state index is 4.43. The number of piperidine rings is 1. The minimum absolute atomic E-state index is 0.523. The van der Waals surface area contributed by atoms with E-state index in [4.69, 9.17) is 0 Å². The number of hydrogen-bond acceptors (Lipinski definition) is 2. The molecule has 5 nitrogen and oxygen atoms in total. The Morgan fingerprint density at radius 1 is 1.25 bits per heavy atom. The molecule has 5 heteroatoms. The van der Waals surface area contributed by atoms with Crippen LogP contribution in [0.25, 0.3) is 10.9 Å². The van der Waals surface area contributed by atoms with Crippen LogP contribution in [-0.4, -0.2) is 55.1 Å². The van der Waals surface area contributed by atoms with Crippen molar-refractivity contribution in [2.45, 2.75) is 52.5 Å². The first-order valence-corrected chi connectivity index (χ1v) is 10.9. The van der Waals surface area contributed by atoms with E-state index in [1.807, 2.05) is 7.05 Å². The van der Waals surface area contributed by atoms with Gasteiger partial charge in [-0.05, 0) is 42.7 Å². The predicted molar refractivity (Wildman–Crippen MR) is 120 cm³/mol. The van der Waals surface area contributed by atoms with Gasteiger partial charge in [0.2, 0.25) is 0 Å². The van der Waals surface area contributed by atoms with E-state index in [9.17, 15) is 0 Å². The highest BCUT2D eigenvalue weighted by molar-refractivity contribution is 5.86. The Hall–Kier alpha value is -2.01. The maximum Gasteiger partial charge on any atom is 0.191 e. The molecule has 1 saturated heterocycles. The van der Waals surface area contributed by atoms with E-state index < -0.39 is 0 Å². The number of aromatic nitrogens is 1. The molecule has 0 unspecified atom stereocenters. The number of benzene rings is 1. The number of aromatic amines is 1. The number of nitrogens with zero attached hydrogens (tertiary/aromatic N) is 2. The standard InChI is InChI=1S/C23H37N5/c1-5-18-7-6-8-21-19(15-26-22(18)21)9-12-25-23(24-4)27-20-10-13-28(14-11-20)16-17(2)3/h6-8,15,17,20,26H,5,9-14,16H2,1-4H3,(H2,24,25,27). The summed E-state index contributed by atoms with van der Waals surface area (Å²) < 4.78 is 0. The molecule has 3 N–H and O–H groups in total. The van der Waals surface area contributed by atoms with Crippen LogP contribution < -0.4 is 10.6 Å². The molecule has 1 aliphatic heterocycles. The number of nitrogens with one attached hydrogen (secondary N) is 3. The number of para-hydroxylation sites is 1. The minimum Gasteiger partial charge on any atom is -0.361 e. The Kier molecular flexibility index (Phi) is 7.37. The molecule has 0 bridgehead atoms. The average molecular weight is 384 g/mol. The first-order chi connectivity index (χ1) is 13.6. The molecule has 1 fully saturated rings. The van der Waals surface area contributed by atoms with Gasteiger partial charge in [-0.2, -0.15) is 0 Å². The molecule has 154 valence electrons. The van der Waals surface area contributed by atoms with Crippen LogP contribution in [0, 0.1) is 5.92 Å². The van der Waals surface area contributed by atoms with Crippen LogP contribution in [0.5, 0.6) is 0 Å². The summed E-state index contributed by atoms with van der Waals surface area (Å²) in [7, 11) is 1.86. The fourth-order valence-electron chi connectivity index (χ4n) is 4.26. The molecule has 2 heterocycles. The third kappa shape index (κ3) is 5.28. The highest BCUT2D eigenvalue weighted by Gasteiger charge is 2.20. The molecule has 0 amide bonds. The van der Waals surface area contributed by atoms with Crippen LogP contribution in [0.1, 0.15) is 44.7 Å². The molecular formula is C23H37N5. The second-order valence-electron chi connectivity index (χ2n) is 8.37. The van der Waals surface area contributed by atoms with Crippen LogP contribution in [0.3, 0.4) is 0 Å². The lowest BCUT2D eigenvalue weighted by Gasteiger charge is -2.34. The molecule has 0 spiro atoms. The largest absolute Gasteiger partial charge is 0.361 e. The van der Waals surface area contributed by atoms with Crippen LogP contribution in [0.2, 0.25) is 0 Å². The van der Waals surface area contributed by atoms with Gasteiger partial charge in [0.1, 0.15) is 0 Å². The van der Waals surface area contributed by atoms with Gasteiger partial charge in [-0.3, -0.25) is 4.99 Å². The third-order valence-corrected chi connectivity index (χ3v) is 5.73. The summed E-state index contributed by atoms with van der Waals surface area (Å²) in [6.45, 7) is 11.3. The van der Waals surface area contributed by atoms with Crippen molar-refractivity contribution < 1.29 is 0 Å². The quantitative estimate of drug-likeness (QED) is 0.506. The summed E-state index contributed by atoms with van der Waals surface area (Å²) in [5.74, 6) is 1.67. The van der Waals surface area contributed by atoms with Gasteiger partial charge in [-0.25, -0.2) is 0 Å². The Morgan fingerprint density at radius 2 is 2.04 bits per heavy atom. The van der Waals surface area contributed by atoms with Gasteiger partial charge < -0.3 is 20.5 Å². The monoisotopic (exact) mass is 383 g/mol. The molecule has 3 rings (SSSR count). The van der Waals surface area contributed by atoms with E-state index in [0.717, 1.165) is 31.3 Å². The van der Waals surface area contributed by atoms with Gasteiger partial charge in [-0.1, -0.05) is 39.0 Å². The number of likely N-dealkylation sites (tertiary alicyclic amines) is 1. The summed E-state index contributed by atoms with van der Waals surface area (Å²) in [6.07, 6.45) is 6.58. The zero-order chi connectivity index (χ0) is 19.9. The number of rotatable bonds is 7. The van der Waals surface area contributed by atoms with Crippen molar-refractivity contribution in [3.05, 3.63) is 35.5 Å². The Balaban J connectivity index is 1.46. The number of guanidine groups is 1. The smallest absolute Gasteiger partial charge is 0.191 e. The van der Waals surface area contributed by atoms with Gasteiger partial charge in [0.05, 0.1) is 0 Å². The fraction of sp³-hybridized carbons (Fsp3) is 0.609. The first-order valence-electron chi connectivity index (χ1n) is 10.9. The zero-order valence-corrected chi connectivity index (χ0v) is 18.0. The Morgan fingerprint density at radius 3 is 2.71 bits per heavy atom. The number of aliphatic imine (C=N–C) groups is 1. The van der Waals surface area contributed by atoms with Crippen molar-refractivity contribution in [2.24, 2.45) is 10.9 Å². The van der Waals surface area contributed by atoms with Crippen LogP contribution in [-0.2, 0) is 12.8 Å². The van der Waals surface area contributed by atoms with Crippen molar-refractivity contribution in [3.63, 3.8) is 0 Å². The lowest BCUT2D eigenvalue weighted by atomic mass is 10.0. The molecule has 1 aromatic carbocycles. The third-order valence-electron chi connectivity index (χ3n) is 5.73. The van der Waals surface area contributed by atoms with E-state index in [0.29, 0.717) is 6.04 Å². The summed E-state index contributed by atoms with van der Waals surface area (Å²) >= 11 is 0. The average Bonchev–Trinajstić information content (AvgIpc) is 3.11. The van der Waals surface area contributed by atoms with Crippen LogP contribution in [0.4, 0.5) is 0 Å². The molecular weight excluding hydrogens is 346 g/mol. The Labute approximate surface area is 170 Å². The summed E-state index contributed by atoms with van der Waals surface area (Å²) in [5, 5.41) is 8.47. The molecule has 28 heavy (non-hydrogen) atoms. The van der Waals surface area contributed by atoms with E-state index in [1.165, 1.54) is 54.5 Å². The first kappa shape index (κ1) is 20.7. The van der Waals surface area contributed by atoms with Gasteiger partial charge in [-0.15, -0.1) is 0 Å². The highest BCUT2D eigenvalue weighted by atomic mass is 15.2. The van der Waals surface area contributed by atoms with Crippen molar-refractivity contribution >= 4 is 16.9 Å². The number of hydrogen-bond donors (Lipinski definition) is 3. The van der Waals surface area contributed by atoms with Crippen molar-refractivity contribution in [1.82, 2.24) is 20.5 Å². The number of H-pyrrole nitrogens is 1. The van der Waals surface area contributed by atoms with Gasteiger partial charge in [0.15, 0.2) is 5.96 Å². The van der Waals surface area contributed by atoms with Crippen molar-refractivity contribution in [1.29, 1.82) is 0 Å². The fourth-order valence-corrected chi connectivity index (χ4v) is 4.26. The summed E-state index contributed by atoms with van der Waals surface area (Å²) in [6, 6.07) is 7.12. The Bertz CT molecular complexity index is 768. The summed E-state index contributed by atoms with van der Waals surface area (Å²) in [4.78, 5) is 10.5. The van der Waals surface area contributed by atoms with E-state index in [1.54, 1.807) is 0 Å². The van der Waals surface area contributed by atoms with Crippen LogP contribution in [0.15, 0.2) is 29.4 Å². The van der Waals surface area contributed by atoms with Crippen molar-refractivity contribution in [2.75, 3.05) is 33.2 Å². The summed E-state index contributed by atoms with van der Waals surface area (Å²) in [5.41, 5.74) is 4.05. The van der Waals surface area contributed by atoms with Crippen molar-refractivity contribution in [3.8, 4) is 0 Å². The molecule has 1 aliphatic rings. The van der Waals surface area contributed by atoms with Gasteiger partial charge in [0, 0.05) is 56.4 Å². The molecule has 0 saturated carbocycles. The number of fused-ring (bicyclic) bond motifs is 1. The molecule has 1 aromatic heterocycles. The lowest BCUT2D eigenvalue weighted by molar-refractivity contribution is 0.187. The van der Waals surface area contributed by atoms with Crippen LogP contribution >= 0.6 is 0 Å². The molecule has 0 radical (unpaired) electrons. The highest BCUT2D eigenvalue weighted by Crippen LogP contribution is 2.22. The SMILES string of the molecule is CCc1cccc2c(CCNC(=NC)NC3CCN(CC(C)C)CC3)c[nH]c12. The van der Waals surface area contributed by atoms with E-state index in [-0.39, 0.29) is 0 Å². The van der Waals surface area contributed by atoms with E-state index in [2.05, 4.69) is 70.7 Å². The second kappa shape index (κ2) is 9.97. The second-order valence-corrected chi connectivity index (χ2v) is 8.37.